The molecule has 0 radical (unpaired) electrons. The van der Waals surface area contributed by atoms with E-state index in [0.717, 1.165) is 30.5 Å². The molecule has 2 heterocycles. The monoisotopic (exact) mass is 286 g/mol. The van der Waals surface area contributed by atoms with Gasteiger partial charge in [0.15, 0.2) is 5.69 Å². The zero-order valence-electron chi connectivity index (χ0n) is 12.9. The molecule has 2 aromatic rings. The molecule has 2 aromatic heterocycles. The molecule has 0 unspecified atom stereocenters. The van der Waals surface area contributed by atoms with Crippen molar-refractivity contribution in [1.29, 1.82) is 0 Å². The topological polar surface area (TPSA) is 51.9 Å². The summed E-state index contributed by atoms with van der Waals surface area (Å²) in [6.07, 6.45) is 4.34. The van der Waals surface area contributed by atoms with Gasteiger partial charge in [0.25, 0.3) is 5.91 Å². The third kappa shape index (κ3) is 2.48. The highest BCUT2D eigenvalue weighted by Crippen LogP contribution is 2.23. The fourth-order valence-electron chi connectivity index (χ4n) is 3.05. The third-order valence-corrected chi connectivity index (χ3v) is 4.49. The number of aromatic nitrogens is 3. The van der Waals surface area contributed by atoms with Gasteiger partial charge in [-0.25, -0.2) is 0 Å². The molecule has 5 heteroatoms. The summed E-state index contributed by atoms with van der Waals surface area (Å²) in [5.74, 6) is -0.0624. The van der Waals surface area contributed by atoms with Crippen LogP contribution in [0.15, 0.2) is 12.1 Å². The van der Waals surface area contributed by atoms with Gasteiger partial charge in [-0.3, -0.25) is 9.48 Å². The Balaban J connectivity index is 1.75. The molecule has 112 valence electrons. The number of hydrogen-bond acceptors (Lipinski definition) is 2. The molecule has 21 heavy (non-hydrogen) atoms. The van der Waals surface area contributed by atoms with Crippen LogP contribution in [-0.4, -0.2) is 20.3 Å². The molecule has 1 aliphatic rings. The van der Waals surface area contributed by atoms with Crippen molar-refractivity contribution in [2.24, 2.45) is 14.1 Å². The van der Waals surface area contributed by atoms with E-state index < -0.39 is 0 Å². The fourth-order valence-corrected chi connectivity index (χ4v) is 3.05. The van der Waals surface area contributed by atoms with Gasteiger partial charge in [0.05, 0.1) is 6.54 Å². The smallest absolute Gasteiger partial charge is 0.272 e. The lowest BCUT2D eigenvalue weighted by atomic mass is 9.95. The van der Waals surface area contributed by atoms with Crippen molar-refractivity contribution < 1.29 is 4.79 Å². The highest BCUT2D eigenvalue weighted by molar-refractivity contribution is 5.94. The Morgan fingerprint density at radius 1 is 1.29 bits per heavy atom. The highest BCUT2D eigenvalue weighted by atomic mass is 16.1. The molecule has 0 fully saturated rings. The first-order valence-corrected chi connectivity index (χ1v) is 7.52. The Bertz CT molecular complexity index is 681. The van der Waals surface area contributed by atoms with Gasteiger partial charge < -0.3 is 9.88 Å². The summed E-state index contributed by atoms with van der Waals surface area (Å²) in [4.78, 5) is 12.4. The Morgan fingerprint density at radius 3 is 2.76 bits per heavy atom. The zero-order chi connectivity index (χ0) is 15.0. The standard InChI is InChI=1S/C16H22N4O/c1-11-8-9-12(19(11)2)10-17-16(21)15-13-6-4-5-7-14(13)20(3)18-15/h8-9H,4-7,10H2,1-3H3,(H,17,21). The van der Waals surface area contributed by atoms with Crippen LogP contribution in [0.5, 0.6) is 0 Å². The van der Waals surface area contributed by atoms with Crippen molar-refractivity contribution in [3.05, 3.63) is 40.5 Å². The van der Waals surface area contributed by atoms with E-state index >= 15 is 0 Å². The number of nitrogens with zero attached hydrogens (tertiary/aromatic N) is 3. The molecule has 3 rings (SSSR count). The maximum Gasteiger partial charge on any atom is 0.272 e. The van der Waals surface area contributed by atoms with Gasteiger partial charge in [0, 0.05) is 36.7 Å². The zero-order valence-corrected chi connectivity index (χ0v) is 12.9. The Morgan fingerprint density at radius 2 is 2.05 bits per heavy atom. The first kappa shape index (κ1) is 13.9. The van der Waals surface area contributed by atoms with Crippen molar-refractivity contribution in [1.82, 2.24) is 19.7 Å². The van der Waals surface area contributed by atoms with E-state index in [1.807, 2.05) is 24.8 Å². The van der Waals surface area contributed by atoms with Crippen LogP contribution in [0.1, 0.15) is 46.0 Å². The molecule has 0 saturated heterocycles. The number of hydrogen-bond donors (Lipinski definition) is 1. The van der Waals surface area contributed by atoms with Gasteiger partial charge in [-0.15, -0.1) is 0 Å². The lowest BCUT2D eigenvalue weighted by Crippen LogP contribution is -2.25. The molecule has 0 spiro atoms. The second-order valence-electron chi connectivity index (χ2n) is 5.81. The van der Waals surface area contributed by atoms with Gasteiger partial charge in [-0.05, 0) is 44.7 Å². The first-order valence-electron chi connectivity index (χ1n) is 7.52. The average Bonchev–Trinajstić information content (AvgIpc) is 2.99. The quantitative estimate of drug-likeness (QED) is 0.936. The summed E-state index contributed by atoms with van der Waals surface area (Å²) in [5.41, 5.74) is 5.27. The molecule has 0 aromatic carbocycles. The van der Waals surface area contributed by atoms with Crippen LogP contribution in [0.2, 0.25) is 0 Å². The first-order chi connectivity index (χ1) is 10.1. The van der Waals surface area contributed by atoms with Crippen LogP contribution in [0.4, 0.5) is 0 Å². The van der Waals surface area contributed by atoms with Crippen molar-refractivity contribution >= 4 is 5.91 Å². The van der Waals surface area contributed by atoms with E-state index in [0.29, 0.717) is 12.2 Å². The lowest BCUT2D eigenvalue weighted by Gasteiger charge is -2.12. The summed E-state index contributed by atoms with van der Waals surface area (Å²) < 4.78 is 3.96. The van der Waals surface area contributed by atoms with Crippen molar-refractivity contribution in [2.45, 2.75) is 39.2 Å². The minimum atomic E-state index is -0.0624. The van der Waals surface area contributed by atoms with Gasteiger partial charge in [0.2, 0.25) is 0 Å². The van der Waals surface area contributed by atoms with Crippen LogP contribution >= 0.6 is 0 Å². The van der Waals surface area contributed by atoms with E-state index in [9.17, 15) is 4.79 Å². The number of rotatable bonds is 3. The SMILES string of the molecule is Cc1ccc(CNC(=O)c2nn(C)c3c2CCCC3)n1C. The maximum atomic E-state index is 12.4. The molecule has 0 aliphatic heterocycles. The minimum absolute atomic E-state index is 0.0624. The molecule has 1 aliphatic carbocycles. The van der Waals surface area contributed by atoms with E-state index in [4.69, 9.17) is 0 Å². The third-order valence-electron chi connectivity index (χ3n) is 4.49. The summed E-state index contributed by atoms with van der Waals surface area (Å²) in [6, 6.07) is 4.10. The second kappa shape index (κ2) is 5.39. The van der Waals surface area contributed by atoms with Crippen LogP contribution in [-0.2, 0) is 33.5 Å². The van der Waals surface area contributed by atoms with Crippen LogP contribution in [0.25, 0.3) is 0 Å². The summed E-state index contributed by atoms with van der Waals surface area (Å²) in [7, 11) is 3.95. The van der Waals surface area contributed by atoms with E-state index in [2.05, 4.69) is 28.0 Å². The van der Waals surface area contributed by atoms with Gasteiger partial charge in [-0.1, -0.05) is 0 Å². The number of carbonyl (C=O) groups is 1. The number of fused-ring (bicyclic) bond motifs is 1. The molecular formula is C16H22N4O. The molecule has 0 bridgehead atoms. The molecule has 1 amide bonds. The number of nitrogens with one attached hydrogen (secondary N) is 1. The molecule has 0 atom stereocenters. The largest absolute Gasteiger partial charge is 0.350 e. The number of aryl methyl sites for hydroxylation is 2. The van der Waals surface area contributed by atoms with Crippen LogP contribution in [0, 0.1) is 6.92 Å². The van der Waals surface area contributed by atoms with Crippen LogP contribution in [0.3, 0.4) is 0 Å². The normalized spacial score (nSPS) is 14.0. The van der Waals surface area contributed by atoms with Gasteiger partial charge in [-0.2, -0.15) is 5.10 Å². The van der Waals surface area contributed by atoms with E-state index in [1.54, 1.807) is 0 Å². The lowest BCUT2D eigenvalue weighted by molar-refractivity contribution is 0.0943. The second-order valence-corrected chi connectivity index (χ2v) is 5.81. The molecular weight excluding hydrogens is 264 g/mol. The van der Waals surface area contributed by atoms with Gasteiger partial charge >= 0.3 is 0 Å². The predicted octanol–water partition coefficient (Wildman–Crippen LogP) is 1.88. The maximum absolute atomic E-state index is 12.4. The van der Waals surface area contributed by atoms with Crippen molar-refractivity contribution in [3.63, 3.8) is 0 Å². The van der Waals surface area contributed by atoms with Crippen molar-refractivity contribution in [3.8, 4) is 0 Å². The molecule has 5 nitrogen and oxygen atoms in total. The number of carbonyl (C=O) groups excluding carboxylic acids is 1. The Kier molecular flexibility index (Phi) is 3.57. The summed E-state index contributed by atoms with van der Waals surface area (Å²) in [6.45, 7) is 2.59. The van der Waals surface area contributed by atoms with Crippen molar-refractivity contribution in [2.75, 3.05) is 0 Å². The fraction of sp³-hybridized carbons (Fsp3) is 0.500. The highest BCUT2D eigenvalue weighted by Gasteiger charge is 2.23. The van der Waals surface area contributed by atoms with Crippen LogP contribution < -0.4 is 5.32 Å². The predicted molar refractivity (Wildman–Crippen MR) is 81.2 cm³/mol. The summed E-state index contributed by atoms with van der Waals surface area (Å²) in [5, 5.41) is 7.43. The molecule has 1 N–H and O–H groups in total. The van der Waals surface area contributed by atoms with E-state index in [1.165, 1.54) is 17.8 Å². The summed E-state index contributed by atoms with van der Waals surface area (Å²) >= 11 is 0. The average molecular weight is 286 g/mol. The number of amides is 1. The van der Waals surface area contributed by atoms with E-state index in [-0.39, 0.29) is 5.91 Å². The minimum Gasteiger partial charge on any atom is -0.350 e. The Hall–Kier alpha value is -2.04. The molecule has 0 saturated carbocycles. The van der Waals surface area contributed by atoms with Gasteiger partial charge in [0.1, 0.15) is 0 Å². The Labute approximate surface area is 125 Å².